The third kappa shape index (κ3) is 2.28. The van der Waals surface area contributed by atoms with Crippen molar-refractivity contribution in [3.8, 4) is 0 Å². The first-order valence-electron chi connectivity index (χ1n) is 5.43. The van der Waals surface area contributed by atoms with Gasteiger partial charge in [0.1, 0.15) is 5.82 Å². The molecule has 1 saturated heterocycles. The molecule has 1 fully saturated rings. The number of hydrogen-bond donors (Lipinski definition) is 0. The van der Waals surface area contributed by atoms with E-state index in [-0.39, 0.29) is 18.9 Å². The van der Waals surface area contributed by atoms with E-state index in [0.29, 0.717) is 12.4 Å². The Morgan fingerprint density at radius 2 is 2.12 bits per heavy atom. The lowest BCUT2D eigenvalue weighted by Gasteiger charge is -2.17. The van der Waals surface area contributed by atoms with Crippen LogP contribution >= 0.6 is 0 Å². The maximum absolute atomic E-state index is 13.0. The fraction of sp³-hybridized carbons (Fsp3) is 0.636. The molecule has 0 bridgehead atoms. The van der Waals surface area contributed by atoms with Crippen LogP contribution in [-0.2, 0) is 0 Å². The van der Waals surface area contributed by atoms with E-state index >= 15 is 0 Å². The second-order valence-corrected chi connectivity index (χ2v) is 4.48. The monoisotopic (exact) mass is 227 g/mol. The lowest BCUT2D eigenvalue weighted by atomic mass is 10.1. The van der Waals surface area contributed by atoms with Crippen LogP contribution < -0.4 is 4.90 Å². The van der Waals surface area contributed by atoms with Gasteiger partial charge in [-0.1, -0.05) is 13.8 Å². The van der Waals surface area contributed by atoms with Crippen LogP contribution in [0.1, 0.15) is 31.9 Å². The molecule has 2 rings (SSSR count). The largest absolute Gasteiger partial charge is 0.349 e. The van der Waals surface area contributed by atoms with Crippen molar-refractivity contribution in [2.24, 2.45) is 0 Å². The first-order chi connectivity index (χ1) is 7.48. The third-order valence-electron chi connectivity index (χ3n) is 2.73. The number of hydrogen-bond acceptors (Lipinski definition) is 3. The zero-order valence-electron chi connectivity index (χ0n) is 9.45. The van der Waals surface area contributed by atoms with E-state index in [9.17, 15) is 8.78 Å². The Labute approximate surface area is 93.5 Å². The summed E-state index contributed by atoms with van der Waals surface area (Å²) in [6, 6.07) is 0. The zero-order valence-corrected chi connectivity index (χ0v) is 9.45. The first kappa shape index (κ1) is 11.2. The molecule has 0 atom stereocenters. The van der Waals surface area contributed by atoms with Gasteiger partial charge in [-0.2, -0.15) is 0 Å². The Balaban J connectivity index is 2.19. The summed E-state index contributed by atoms with van der Waals surface area (Å²) < 4.78 is 26.1. The Morgan fingerprint density at radius 3 is 2.69 bits per heavy atom. The molecule has 0 amide bonds. The van der Waals surface area contributed by atoms with Crippen molar-refractivity contribution in [3.63, 3.8) is 0 Å². The number of halogens is 2. The van der Waals surface area contributed by atoms with Gasteiger partial charge in [-0.05, 0) is 5.92 Å². The Kier molecular flexibility index (Phi) is 2.78. The van der Waals surface area contributed by atoms with Crippen molar-refractivity contribution in [3.05, 3.63) is 18.1 Å². The fourth-order valence-corrected chi connectivity index (χ4v) is 1.73. The number of aromatic nitrogens is 2. The van der Waals surface area contributed by atoms with Crippen LogP contribution in [0.3, 0.4) is 0 Å². The highest BCUT2D eigenvalue weighted by Gasteiger charge is 2.38. The molecule has 1 aliphatic heterocycles. The summed E-state index contributed by atoms with van der Waals surface area (Å²) in [6.07, 6.45) is 3.14. The van der Waals surface area contributed by atoms with Gasteiger partial charge in [0.15, 0.2) is 0 Å². The van der Waals surface area contributed by atoms with Crippen molar-refractivity contribution >= 4 is 5.82 Å². The summed E-state index contributed by atoms with van der Waals surface area (Å²) in [6.45, 7) is 4.12. The second-order valence-electron chi connectivity index (χ2n) is 4.48. The minimum Gasteiger partial charge on any atom is -0.349 e. The number of nitrogens with zero attached hydrogens (tertiary/aromatic N) is 3. The quantitative estimate of drug-likeness (QED) is 0.777. The van der Waals surface area contributed by atoms with Gasteiger partial charge in [-0.3, -0.25) is 4.98 Å². The average molecular weight is 227 g/mol. The topological polar surface area (TPSA) is 29.0 Å². The molecular weight excluding hydrogens is 212 g/mol. The predicted octanol–water partition coefficient (Wildman–Crippen LogP) is 2.45. The number of rotatable bonds is 2. The molecule has 0 aromatic carbocycles. The van der Waals surface area contributed by atoms with E-state index in [2.05, 4.69) is 9.97 Å². The van der Waals surface area contributed by atoms with Gasteiger partial charge >= 0.3 is 0 Å². The SMILES string of the molecule is CC(C)c1cncc(N2CCC(F)(F)C2)n1. The van der Waals surface area contributed by atoms with E-state index in [0.717, 1.165) is 5.69 Å². The zero-order chi connectivity index (χ0) is 11.8. The van der Waals surface area contributed by atoms with Gasteiger partial charge in [-0.15, -0.1) is 0 Å². The van der Waals surface area contributed by atoms with Crippen LogP contribution in [-0.4, -0.2) is 29.0 Å². The molecule has 3 nitrogen and oxygen atoms in total. The minimum absolute atomic E-state index is 0.0966. The van der Waals surface area contributed by atoms with E-state index in [1.54, 1.807) is 17.3 Å². The van der Waals surface area contributed by atoms with Gasteiger partial charge < -0.3 is 4.90 Å². The summed E-state index contributed by atoms with van der Waals surface area (Å²) in [5.74, 6) is -1.77. The summed E-state index contributed by atoms with van der Waals surface area (Å²) in [7, 11) is 0. The second kappa shape index (κ2) is 3.96. The number of anilines is 1. The van der Waals surface area contributed by atoms with Crippen LogP contribution in [0, 0.1) is 0 Å². The molecule has 0 spiro atoms. The smallest absolute Gasteiger partial charge is 0.266 e. The lowest BCUT2D eigenvalue weighted by Crippen LogP contribution is -2.26. The molecule has 16 heavy (non-hydrogen) atoms. The van der Waals surface area contributed by atoms with Crippen LogP contribution in [0.5, 0.6) is 0 Å². The van der Waals surface area contributed by atoms with Gasteiger partial charge in [0.2, 0.25) is 0 Å². The molecule has 0 aliphatic carbocycles. The number of alkyl halides is 2. The molecule has 1 aromatic heterocycles. The Morgan fingerprint density at radius 1 is 1.38 bits per heavy atom. The maximum atomic E-state index is 13.0. The molecule has 0 saturated carbocycles. The summed E-state index contributed by atoms with van der Waals surface area (Å²) in [4.78, 5) is 10.00. The Bertz CT molecular complexity index is 379. The molecule has 1 aromatic rings. The highest BCUT2D eigenvalue weighted by Crippen LogP contribution is 2.29. The average Bonchev–Trinajstić information content (AvgIpc) is 2.59. The molecule has 0 radical (unpaired) electrons. The van der Waals surface area contributed by atoms with Gasteiger partial charge in [-0.25, -0.2) is 13.8 Å². The molecule has 0 unspecified atom stereocenters. The predicted molar refractivity (Wildman–Crippen MR) is 57.9 cm³/mol. The van der Waals surface area contributed by atoms with Crippen LogP contribution in [0.2, 0.25) is 0 Å². The highest BCUT2D eigenvalue weighted by atomic mass is 19.3. The summed E-state index contributed by atoms with van der Waals surface area (Å²) >= 11 is 0. The normalized spacial score (nSPS) is 19.4. The van der Waals surface area contributed by atoms with Crippen LogP contribution in [0.25, 0.3) is 0 Å². The van der Waals surface area contributed by atoms with Gasteiger partial charge in [0, 0.05) is 19.2 Å². The third-order valence-corrected chi connectivity index (χ3v) is 2.73. The summed E-state index contributed by atoms with van der Waals surface area (Å²) in [5.41, 5.74) is 0.840. The van der Waals surface area contributed by atoms with Crippen molar-refractivity contribution < 1.29 is 8.78 Å². The highest BCUT2D eigenvalue weighted by molar-refractivity contribution is 5.38. The van der Waals surface area contributed by atoms with Crippen molar-refractivity contribution in [2.75, 3.05) is 18.0 Å². The maximum Gasteiger partial charge on any atom is 0.266 e. The molecular formula is C11H15F2N3. The van der Waals surface area contributed by atoms with Crippen LogP contribution in [0.15, 0.2) is 12.4 Å². The molecule has 0 N–H and O–H groups in total. The van der Waals surface area contributed by atoms with Gasteiger partial charge in [0.05, 0.1) is 18.4 Å². The minimum atomic E-state index is -2.59. The van der Waals surface area contributed by atoms with Crippen molar-refractivity contribution in [2.45, 2.75) is 32.1 Å². The lowest BCUT2D eigenvalue weighted by molar-refractivity contribution is 0.0256. The van der Waals surface area contributed by atoms with Crippen molar-refractivity contribution in [1.29, 1.82) is 0 Å². The van der Waals surface area contributed by atoms with Crippen molar-refractivity contribution in [1.82, 2.24) is 9.97 Å². The van der Waals surface area contributed by atoms with Crippen LogP contribution in [0.4, 0.5) is 14.6 Å². The molecule has 1 aliphatic rings. The molecule has 88 valence electrons. The van der Waals surface area contributed by atoms with E-state index in [1.165, 1.54) is 0 Å². The standard InChI is InChI=1S/C11H15F2N3/c1-8(2)9-5-14-6-10(15-9)16-4-3-11(12,13)7-16/h5-6,8H,3-4,7H2,1-2H3. The first-order valence-corrected chi connectivity index (χ1v) is 5.43. The van der Waals surface area contributed by atoms with E-state index < -0.39 is 5.92 Å². The fourth-order valence-electron chi connectivity index (χ4n) is 1.73. The van der Waals surface area contributed by atoms with E-state index in [1.807, 2.05) is 13.8 Å². The van der Waals surface area contributed by atoms with E-state index in [4.69, 9.17) is 0 Å². The molecule has 2 heterocycles. The summed E-state index contributed by atoms with van der Waals surface area (Å²) in [5, 5.41) is 0. The molecule has 5 heteroatoms. The van der Waals surface area contributed by atoms with Gasteiger partial charge in [0.25, 0.3) is 5.92 Å². The Hall–Kier alpha value is -1.26.